The zero-order chi connectivity index (χ0) is 17.8. The van der Waals surface area contributed by atoms with Gasteiger partial charge >= 0.3 is 0 Å². The summed E-state index contributed by atoms with van der Waals surface area (Å²) in [6.07, 6.45) is 3.55. The van der Waals surface area contributed by atoms with Crippen LogP contribution in [0.3, 0.4) is 0 Å². The normalized spacial score (nSPS) is 19.0. The van der Waals surface area contributed by atoms with Gasteiger partial charge in [-0.05, 0) is 35.4 Å². The molecule has 3 rings (SSSR count). The predicted molar refractivity (Wildman–Crippen MR) is 95.2 cm³/mol. The number of aliphatic hydroxyl groups excluding tert-OH is 1. The van der Waals surface area contributed by atoms with Crippen LogP contribution < -0.4 is 9.47 Å². The number of hydrogen-bond donors (Lipinski definition) is 2. The Morgan fingerprint density at radius 2 is 1.92 bits per heavy atom. The lowest BCUT2D eigenvalue weighted by atomic mass is 9.90. The van der Waals surface area contributed by atoms with E-state index >= 15 is 0 Å². The van der Waals surface area contributed by atoms with Crippen molar-refractivity contribution in [3.8, 4) is 17.2 Å². The smallest absolute Gasteiger partial charge is 0.165 e. The van der Waals surface area contributed by atoms with E-state index in [-0.39, 0.29) is 24.4 Å². The number of methoxy groups -OCH3 is 2. The monoisotopic (exact) mass is 342 g/mol. The molecular weight excluding hydrogens is 320 g/mol. The topological polar surface area (TPSA) is 68.2 Å². The first-order chi connectivity index (χ1) is 12.2. The first-order valence-electron chi connectivity index (χ1n) is 8.11. The molecule has 1 heterocycles. The van der Waals surface area contributed by atoms with E-state index in [0.29, 0.717) is 18.1 Å². The lowest BCUT2D eigenvalue weighted by molar-refractivity contribution is 0.157. The van der Waals surface area contributed by atoms with Crippen LogP contribution >= 0.6 is 0 Å². The summed E-state index contributed by atoms with van der Waals surface area (Å²) in [6.45, 7) is 0.475. The molecule has 0 saturated heterocycles. The summed E-state index contributed by atoms with van der Waals surface area (Å²) < 4.78 is 16.6. The van der Waals surface area contributed by atoms with Gasteiger partial charge in [0, 0.05) is 12.7 Å². The Kier molecular flexibility index (Phi) is 5.26. The van der Waals surface area contributed by atoms with Crippen molar-refractivity contribution in [2.45, 2.75) is 12.0 Å². The quantitative estimate of drug-likeness (QED) is 0.843. The highest BCUT2D eigenvalue weighted by Gasteiger charge is 2.37. The Labute approximate surface area is 147 Å². The zero-order valence-corrected chi connectivity index (χ0v) is 14.3. The second-order valence-electron chi connectivity index (χ2n) is 5.92. The van der Waals surface area contributed by atoms with E-state index in [2.05, 4.69) is 0 Å². The summed E-state index contributed by atoms with van der Waals surface area (Å²) in [4.78, 5) is 0. The van der Waals surface area contributed by atoms with Crippen LogP contribution in [0.25, 0.3) is 6.08 Å². The van der Waals surface area contributed by atoms with Gasteiger partial charge in [0.15, 0.2) is 11.5 Å². The SMILES string of the molecule is COCC=Cc1cc(OC)c2c(c1)[C@@H](CO)[C@H](c1ccc(O)cc1)O2. The van der Waals surface area contributed by atoms with Gasteiger partial charge in [0.05, 0.1) is 26.2 Å². The summed E-state index contributed by atoms with van der Waals surface area (Å²) in [5.74, 6) is 1.28. The van der Waals surface area contributed by atoms with Crippen LogP contribution in [0.4, 0.5) is 0 Å². The largest absolute Gasteiger partial charge is 0.508 e. The van der Waals surface area contributed by atoms with E-state index in [4.69, 9.17) is 14.2 Å². The Morgan fingerprint density at radius 1 is 1.16 bits per heavy atom. The summed E-state index contributed by atoms with van der Waals surface area (Å²) in [6, 6.07) is 10.8. The van der Waals surface area contributed by atoms with Gasteiger partial charge in [-0.15, -0.1) is 0 Å². The Bertz CT molecular complexity index is 751. The molecule has 5 heteroatoms. The fourth-order valence-electron chi connectivity index (χ4n) is 3.11. The summed E-state index contributed by atoms with van der Waals surface area (Å²) in [7, 11) is 3.24. The third-order valence-electron chi connectivity index (χ3n) is 4.33. The van der Waals surface area contributed by atoms with Gasteiger partial charge in [-0.2, -0.15) is 0 Å². The molecule has 0 radical (unpaired) electrons. The van der Waals surface area contributed by atoms with Crippen LogP contribution in [0.5, 0.6) is 17.2 Å². The van der Waals surface area contributed by atoms with Crippen molar-refractivity contribution < 1.29 is 24.4 Å². The molecule has 1 aliphatic heterocycles. The molecule has 0 saturated carbocycles. The van der Waals surface area contributed by atoms with Gasteiger partial charge in [0.1, 0.15) is 11.9 Å². The van der Waals surface area contributed by atoms with Crippen molar-refractivity contribution >= 4 is 6.08 Å². The van der Waals surface area contributed by atoms with E-state index in [9.17, 15) is 10.2 Å². The van der Waals surface area contributed by atoms with E-state index in [0.717, 1.165) is 16.7 Å². The van der Waals surface area contributed by atoms with Crippen molar-refractivity contribution in [3.63, 3.8) is 0 Å². The first-order valence-corrected chi connectivity index (χ1v) is 8.11. The van der Waals surface area contributed by atoms with Crippen LogP contribution in [0.1, 0.15) is 28.7 Å². The number of hydrogen-bond acceptors (Lipinski definition) is 5. The minimum absolute atomic E-state index is 0.0487. The molecule has 0 aromatic heterocycles. The van der Waals surface area contributed by atoms with Crippen LogP contribution in [-0.2, 0) is 4.74 Å². The number of aromatic hydroxyl groups is 1. The average Bonchev–Trinajstić information content (AvgIpc) is 3.00. The van der Waals surface area contributed by atoms with Gasteiger partial charge < -0.3 is 24.4 Å². The molecular formula is C20H22O5. The van der Waals surface area contributed by atoms with E-state index in [1.807, 2.05) is 24.3 Å². The molecule has 25 heavy (non-hydrogen) atoms. The van der Waals surface area contributed by atoms with Gasteiger partial charge in [-0.1, -0.05) is 24.3 Å². The molecule has 2 aromatic rings. The van der Waals surface area contributed by atoms with Gasteiger partial charge in [0.25, 0.3) is 0 Å². The van der Waals surface area contributed by atoms with Crippen molar-refractivity contribution in [2.24, 2.45) is 0 Å². The van der Waals surface area contributed by atoms with E-state index < -0.39 is 0 Å². The Hall–Kier alpha value is -2.50. The molecule has 0 aliphatic carbocycles. The number of rotatable bonds is 6. The molecule has 5 nitrogen and oxygen atoms in total. The van der Waals surface area contributed by atoms with Crippen LogP contribution in [0.15, 0.2) is 42.5 Å². The van der Waals surface area contributed by atoms with Crippen molar-refractivity contribution in [1.82, 2.24) is 0 Å². The van der Waals surface area contributed by atoms with Gasteiger partial charge in [-0.25, -0.2) is 0 Å². The molecule has 2 aromatic carbocycles. The van der Waals surface area contributed by atoms with Crippen LogP contribution in [-0.4, -0.2) is 37.6 Å². The molecule has 132 valence electrons. The second kappa shape index (κ2) is 7.59. The maximum atomic E-state index is 9.96. The maximum Gasteiger partial charge on any atom is 0.165 e. The predicted octanol–water partition coefficient (Wildman–Crippen LogP) is 3.27. The molecule has 2 N–H and O–H groups in total. The van der Waals surface area contributed by atoms with E-state index in [1.165, 1.54) is 0 Å². The summed E-state index contributed by atoms with van der Waals surface area (Å²) in [5, 5.41) is 19.4. The molecule has 0 amide bonds. The first kappa shape index (κ1) is 17.3. The van der Waals surface area contributed by atoms with Crippen LogP contribution in [0.2, 0.25) is 0 Å². The Morgan fingerprint density at radius 3 is 2.56 bits per heavy atom. The highest BCUT2D eigenvalue weighted by molar-refractivity contribution is 5.62. The molecule has 2 atom stereocenters. The van der Waals surface area contributed by atoms with E-state index in [1.54, 1.807) is 38.5 Å². The minimum atomic E-state index is -0.326. The molecule has 1 aliphatic rings. The molecule has 0 spiro atoms. The molecule has 0 fully saturated rings. The second-order valence-corrected chi connectivity index (χ2v) is 5.92. The molecule has 0 unspecified atom stereocenters. The zero-order valence-electron chi connectivity index (χ0n) is 14.3. The number of aliphatic hydroxyl groups is 1. The number of fused-ring (bicyclic) bond motifs is 1. The Balaban J connectivity index is 1.99. The highest BCUT2D eigenvalue weighted by atomic mass is 16.5. The fourth-order valence-corrected chi connectivity index (χ4v) is 3.11. The van der Waals surface area contributed by atoms with Crippen molar-refractivity contribution in [1.29, 1.82) is 0 Å². The average molecular weight is 342 g/mol. The highest BCUT2D eigenvalue weighted by Crippen LogP contribution is 2.50. The third-order valence-corrected chi connectivity index (χ3v) is 4.33. The number of benzene rings is 2. The van der Waals surface area contributed by atoms with Crippen LogP contribution in [0, 0.1) is 0 Å². The van der Waals surface area contributed by atoms with Gasteiger partial charge in [0.2, 0.25) is 0 Å². The van der Waals surface area contributed by atoms with Crippen molar-refractivity contribution in [3.05, 3.63) is 59.2 Å². The summed E-state index contributed by atoms with van der Waals surface area (Å²) in [5.41, 5.74) is 2.77. The number of ether oxygens (including phenoxy) is 3. The lowest BCUT2D eigenvalue weighted by Gasteiger charge is -2.17. The number of phenolic OH excluding ortho intramolecular Hbond substituents is 1. The van der Waals surface area contributed by atoms with Crippen molar-refractivity contribution in [2.75, 3.05) is 27.4 Å². The molecule has 0 bridgehead atoms. The fraction of sp³-hybridized carbons (Fsp3) is 0.300. The van der Waals surface area contributed by atoms with Gasteiger partial charge in [-0.3, -0.25) is 0 Å². The maximum absolute atomic E-state index is 9.96. The standard InChI is InChI=1S/C20H22O5/c1-23-9-3-4-13-10-16-17(12-21)19(14-5-7-15(22)8-6-14)25-20(16)18(11-13)24-2/h3-8,10-11,17,19,21-22H,9,12H2,1-2H3/t17-,19+/m1/s1. The lowest BCUT2D eigenvalue weighted by Crippen LogP contribution is -2.13. The minimum Gasteiger partial charge on any atom is -0.508 e. The number of phenols is 1. The third kappa shape index (κ3) is 3.48. The summed E-state index contributed by atoms with van der Waals surface area (Å²) >= 11 is 0.